The van der Waals surface area contributed by atoms with Gasteiger partial charge in [-0.25, -0.2) is 4.79 Å². The fraction of sp³-hybridized carbons (Fsp3) is 0.353. The fourth-order valence-electron chi connectivity index (χ4n) is 1.68. The molecule has 0 aliphatic rings. The minimum absolute atomic E-state index is 0.129. The molecule has 0 aromatic heterocycles. The zero-order valence-corrected chi connectivity index (χ0v) is 13.4. The van der Waals surface area contributed by atoms with Gasteiger partial charge >= 0.3 is 5.97 Å². The van der Waals surface area contributed by atoms with E-state index >= 15 is 0 Å². The summed E-state index contributed by atoms with van der Waals surface area (Å²) in [5.74, 6) is -1.41. The molecule has 0 aliphatic heterocycles. The zero-order chi connectivity index (χ0) is 17.1. The smallest absolute Gasteiger partial charge is 0.331 e. The Bertz CT molecular complexity index is 582. The number of aryl methyl sites for hydroxylation is 1. The highest BCUT2D eigenvalue weighted by Gasteiger charge is 2.07. The molecule has 0 aliphatic carbocycles. The van der Waals surface area contributed by atoms with Crippen LogP contribution in [0.5, 0.6) is 0 Å². The normalized spacial score (nSPS) is 10.3. The van der Waals surface area contributed by atoms with Gasteiger partial charge in [-0.1, -0.05) is 36.8 Å². The van der Waals surface area contributed by atoms with Crippen LogP contribution in [0.25, 0.3) is 6.08 Å². The molecular weight excluding hydrogens is 296 g/mol. The number of amides is 2. The van der Waals surface area contributed by atoms with E-state index < -0.39 is 18.5 Å². The predicted octanol–water partition coefficient (Wildman–Crippen LogP) is 1.19. The average Bonchev–Trinajstić information content (AvgIpc) is 2.54. The molecular formula is C17H22N2O4. The van der Waals surface area contributed by atoms with Gasteiger partial charge in [0.2, 0.25) is 5.91 Å². The molecule has 1 aromatic rings. The van der Waals surface area contributed by atoms with E-state index in [-0.39, 0.29) is 12.5 Å². The Morgan fingerprint density at radius 2 is 1.96 bits per heavy atom. The Morgan fingerprint density at radius 1 is 1.17 bits per heavy atom. The van der Waals surface area contributed by atoms with Gasteiger partial charge in [0.05, 0.1) is 6.54 Å². The van der Waals surface area contributed by atoms with Crippen LogP contribution in [0.4, 0.5) is 0 Å². The van der Waals surface area contributed by atoms with Crippen molar-refractivity contribution in [3.63, 3.8) is 0 Å². The molecule has 6 heteroatoms. The van der Waals surface area contributed by atoms with Crippen molar-refractivity contribution in [1.82, 2.24) is 10.6 Å². The minimum Gasteiger partial charge on any atom is -0.452 e. The van der Waals surface area contributed by atoms with E-state index in [1.165, 1.54) is 6.08 Å². The summed E-state index contributed by atoms with van der Waals surface area (Å²) in [5.41, 5.74) is 1.96. The summed E-state index contributed by atoms with van der Waals surface area (Å²) in [6.45, 7) is 3.90. The maximum Gasteiger partial charge on any atom is 0.331 e. The van der Waals surface area contributed by atoms with Crippen LogP contribution in [0, 0.1) is 6.92 Å². The van der Waals surface area contributed by atoms with Crippen molar-refractivity contribution in [2.24, 2.45) is 0 Å². The monoisotopic (exact) mass is 318 g/mol. The fourth-order valence-corrected chi connectivity index (χ4v) is 1.68. The SMILES string of the molecule is CCCNC(=O)CNC(=O)COC(=O)/C=C/c1cccc(C)c1. The van der Waals surface area contributed by atoms with Crippen molar-refractivity contribution in [3.8, 4) is 0 Å². The Hall–Kier alpha value is -2.63. The van der Waals surface area contributed by atoms with Gasteiger partial charge in [0.25, 0.3) is 5.91 Å². The van der Waals surface area contributed by atoms with E-state index in [2.05, 4.69) is 10.6 Å². The molecule has 6 nitrogen and oxygen atoms in total. The van der Waals surface area contributed by atoms with Crippen LogP contribution in [0.2, 0.25) is 0 Å². The van der Waals surface area contributed by atoms with Crippen LogP contribution in [-0.4, -0.2) is 37.5 Å². The van der Waals surface area contributed by atoms with Gasteiger partial charge in [-0.05, 0) is 25.0 Å². The van der Waals surface area contributed by atoms with Crippen LogP contribution in [0.3, 0.4) is 0 Å². The van der Waals surface area contributed by atoms with Gasteiger partial charge < -0.3 is 15.4 Å². The number of ether oxygens (including phenoxy) is 1. The summed E-state index contributed by atoms with van der Waals surface area (Å²) in [5, 5.41) is 5.00. The van der Waals surface area contributed by atoms with Gasteiger partial charge in [-0.3, -0.25) is 9.59 Å². The first-order chi connectivity index (χ1) is 11.0. The van der Waals surface area contributed by atoms with Crippen molar-refractivity contribution in [1.29, 1.82) is 0 Å². The topological polar surface area (TPSA) is 84.5 Å². The van der Waals surface area contributed by atoms with Crippen LogP contribution >= 0.6 is 0 Å². The van der Waals surface area contributed by atoms with Gasteiger partial charge in [0, 0.05) is 12.6 Å². The summed E-state index contributed by atoms with van der Waals surface area (Å²) in [6, 6.07) is 7.62. The van der Waals surface area contributed by atoms with E-state index in [1.807, 2.05) is 38.1 Å². The molecule has 0 unspecified atom stereocenters. The third-order valence-corrected chi connectivity index (χ3v) is 2.82. The van der Waals surface area contributed by atoms with Gasteiger partial charge in [0.15, 0.2) is 6.61 Å². The standard InChI is InChI=1S/C17H22N2O4/c1-3-9-18-15(20)11-19-16(21)12-23-17(22)8-7-14-6-4-5-13(2)10-14/h4-8,10H,3,9,11-12H2,1-2H3,(H,18,20)(H,19,21)/b8-7+. The third-order valence-electron chi connectivity index (χ3n) is 2.82. The van der Waals surface area contributed by atoms with Crippen LogP contribution in [0.1, 0.15) is 24.5 Å². The molecule has 0 bridgehead atoms. The van der Waals surface area contributed by atoms with E-state index in [0.717, 1.165) is 17.5 Å². The zero-order valence-electron chi connectivity index (χ0n) is 13.4. The van der Waals surface area contributed by atoms with Gasteiger partial charge in [0.1, 0.15) is 0 Å². The molecule has 1 rings (SSSR count). The van der Waals surface area contributed by atoms with Crippen molar-refractivity contribution in [2.45, 2.75) is 20.3 Å². The Balaban J connectivity index is 2.27. The van der Waals surface area contributed by atoms with E-state index in [9.17, 15) is 14.4 Å². The molecule has 0 spiro atoms. The van der Waals surface area contributed by atoms with Gasteiger partial charge in [-0.15, -0.1) is 0 Å². The first-order valence-electron chi connectivity index (χ1n) is 7.46. The molecule has 0 atom stereocenters. The molecule has 2 N–H and O–H groups in total. The minimum atomic E-state index is -0.614. The molecule has 0 fully saturated rings. The summed E-state index contributed by atoms with van der Waals surface area (Å²) in [6.07, 6.45) is 3.70. The largest absolute Gasteiger partial charge is 0.452 e. The summed E-state index contributed by atoms with van der Waals surface area (Å²) in [7, 11) is 0. The van der Waals surface area contributed by atoms with Crippen molar-refractivity contribution < 1.29 is 19.1 Å². The Kier molecular flexibility index (Phi) is 8.13. The Labute approximate surface area is 135 Å². The second-order valence-electron chi connectivity index (χ2n) is 4.98. The molecule has 0 radical (unpaired) electrons. The summed E-state index contributed by atoms with van der Waals surface area (Å²) >= 11 is 0. The Morgan fingerprint density at radius 3 is 2.65 bits per heavy atom. The lowest BCUT2D eigenvalue weighted by atomic mass is 10.1. The number of hydrogen-bond donors (Lipinski definition) is 2. The van der Waals surface area contributed by atoms with Crippen molar-refractivity contribution in [3.05, 3.63) is 41.5 Å². The number of carbonyl (C=O) groups is 3. The predicted molar refractivity (Wildman–Crippen MR) is 87.5 cm³/mol. The molecule has 23 heavy (non-hydrogen) atoms. The highest BCUT2D eigenvalue weighted by atomic mass is 16.5. The number of nitrogens with one attached hydrogen (secondary N) is 2. The van der Waals surface area contributed by atoms with Crippen LogP contribution in [0.15, 0.2) is 30.3 Å². The van der Waals surface area contributed by atoms with Crippen molar-refractivity contribution in [2.75, 3.05) is 19.7 Å². The second kappa shape index (κ2) is 10.2. The lowest BCUT2D eigenvalue weighted by Gasteiger charge is -2.06. The molecule has 124 valence electrons. The maximum absolute atomic E-state index is 11.5. The number of hydrogen-bond acceptors (Lipinski definition) is 4. The van der Waals surface area contributed by atoms with Crippen molar-refractivity contribution >= 4 is 23.9 Å². The molecule has 1 aromatic carbocycles. The summed E-state index contributed by atoms with van der Waals surface area (Å²) < 4.78 is 4.80. The molecule has 0 saturated heterocycles. The second-order valence-corrected chi connectivity index (χ2v) is 4.98. The number of esters is 1. The van der Waals surface area contributed by atoms with E-state index in [0.29, 0.717) is 6.54 Å². The highest BCUT2D eigenvalue weighted by molar-refractivity contribution is 5.90. The molecule has 0 heterocycles. The molecule has 0 saturated carbocycles. The quantitative estimate of drug-likeness (QED) is 0.557. The lowest BCUT2D eigenvalue weighted by molar-refractivity contribution is -0.143. The first-order valence-corrected chi connectivity index (χ1v) is 7.46. The lowest BCUT2D eigenvalue weighted by Crippen LogP contribution is -2.38. The number of benzene rings is 1. The van der Waals surface area contributed by atoms with E-state index in [1.54, 1.807) is 6.08 Å². The number of rotatable bonds is 8. The molecule has 2 amide bonds. The first kappa shape index (κ1) is 18.4. The third kappa shape index (κ3) is 8.40. The number of carbonyl (C=O) groups excluding carboxylic acids is 3. The van der Waals surface area contributed by atoms with E-state index in [4.69, 9.17) is 4.74 Å². The maximum atomic E-state index is 11.5. The highest BCUT2D eigenvalue weighted by Crippen LogP contribution is 2.05. The van der Waals surface area contributed by atoms with Crippen LogP contribution < -0.4 is 10.6 Å². The van der Waals surface area contributed by atoms with Gasteiger partial charge in [-0.2, -0.15) is 0 Å². The average molecular weight is 318 g/mol. The summed E-state index contributed by atoms with van der Waals surface area (Å²) in [4.78, 5) is 34.3. The van der Waals surface area contributed by atoms with Crippen LogP contribution in [-0.2, 0) is 19.1 Å².